The van der Waals surface area contributed by atoms with Gasteiger partial charge in [-0.2, -0.15) is 4.98 Å². The zero-order chi connectivity index (χ0) is 18.4. The van der Waals surface area contributed by atoms with E-state index in [9.17, 15) is 4.79 Å². The standard InChI is InChI=1S/C20H21N3O3/c1-14(2)20-22-18(23-26-20)12-15-8-10-16(11-9-15)21-19(24)13-25-17-6-4-3-5-7-17/h3-11,14H,12-13H2,1-2H3,(H,21,24). The number of ether oxygens (including phenoxy) is 1. The lowest BCUT2D eigenvalue weighted by atomic mass is 10.1. The molecule has 1 amide bonds. The highest BCUT2D eigenvalue weighted by atomic mass is 16.5. The summed E-state index contributed by atoms with van der Waals surface area (Å²) in [5, 5.41) is 6.79. The molecule has 2 aromatic carbocycles. The molecule has 0 radical (unpaired) electrons. The van der Waals surface area contributed by atoms with E-state index in [1.165, 1.54) is 0 Å². The lowest BCUT2D eigenvalue weighted by molar-refractivity contribution is -0.118. The van der Waals surface area contributed by atoms with Gasteiger partial charge in [0.25, 0.3) is 5.91 Å². The van der Waals surface area contributed by atoms with Gasteiger partial charge < -0.3 is 14.6 Å². The quantitative estimate of drug-likeness (QED) is 0.700. The first kappa shape index (κ1) is 17.7. The van der Waals surface area contributed by atoms with E-state index in [-0.39, 0.29) is 18.4 Å². The van der Waals surface area contributed by atoms with Crippen LogP contribution in [0.15, 0.2) is 59.1 Å². The van der Waals surface area contributed by atoms with E-state index in [0.29, 0.717) is 29.6 Å². The molecule has 3 aromatic rings. The summed E-state index contributed by atoms with van der Waals surface area (Å²) in [6, 6.07) is 16.8. The van der Waals surface area contributed by atoms with Crippen LogP contribution in [0.3, 0.4) is 0 Å². The van der Waals surface area contributed by atoms with Crippen molar-refractivity contribution in [2.24, 2.45) is 0 Å². The lowest BCUT2D eigenvalue weighted by Gasteiger charge is -2.08. The zero-order valence-electron chi connectivity index (χ0n) is 14.8. The zero-order valence-corrected chi connectivity index (χ0v) is 14.8. The van der Waals surface area contributed by atoms with Crippen molar-refractivity contribution >= 4 is 11.6 Å². The molecule has 3 rings (SSSR count). The van der Waals surface area contributed by atoms with E-state index >= 15 is 0 Å². The predicted octanol–water partition coefficient (Wildman–Crippen LogP) is 3.80. The Labute approximate surface area is 152 Å². The van der Waals surface area contributed by atoms with Crippen LogP contribution in [0.1, 0.15) is 37.0 Å². The number of aromatic nitrogens is 2. The Bertz CT molecular complexity index is 842. The van der Waals surface area contributed by atoms with Gasteiger partial charge >= 0.3 is 0 Å². The molecule has 0 bridgehead atoms. The van der Waals surface area contributed by atoms with Gasteiger partial charge in [-0.15, -0.1) is 0 Å². The molecule has 0 atom stereocenters. The number of anilines is 1. The number of nitrogens with one attached hydrogen (secondary N) is 1. The van der Waals surface area contributed by atoms with E-state index in [1.807, 2.05) is 68.4 Å². The van der Waals surface area contributed by atoms with Gasteiger partial charge in [0, 0.05) is 18.0 Å². The molecule has 0 fully saturated rings. The van der Waals surface area contributed by atoms with Crippen LogP contribution in [-0.2, 0) is 11.2 Å². The first-order valence-electron chi connectivity index (χ1n) is 8.49. The summed E-state index contributed by atoms with van der Waals surface area (Å²) in [6.45, 7) is 3.99. The first-order valence-corrected chi connectivity index (χ1v) is 8.49. The Morgan fingerprint density at radius 3 is 2.50 bits per heavy atom. The monoisotopic (exact) mass is 351 g/mol. The summed E-state index contributed by atoms with van der Waals surface area (Å²) in [7, 11) is 0. The number of nitrogens with zero attached hydrogens (tertiary/aromatic N) is 2. The van der Waals surface area contributed by atoms with Crippen molar-refractivity contribution in [2.75, 3.05) is 11.9 Å². The summed E-state index contributed by atoms with van der Waals surface area (Å²) >= 11 is 0. The van der Waals surface area contributed by atoms with Crippen LogP contribution in [0.25, 0.3) is 0 Å². The Morgan fingerprint density at radius 2 is 1.85 bits per heavy atom. The van der Waals surface area contributed by atoms with Crippen LogP contribution >= 0.6 is 0 Å². The molecule has 0 aliphatic heterocycles. The van der Waals surface area contributed by atoms with Crippen molar-refractivity contribution in [3.05, 3.63) is 71.9 Å². The number of carbonyl (C=O) groups is 1. The molecular formula is C20H21N3O3. The SMILES string of the molecule is CC(C)c1nc(Cc2ccc(NC(=O)COc3ccccc3)cc2)no1. The maximum absolute atomic E-state index is 12.0. The molecule has 1 aromatic heterocycles. The molecule has 0 aliphatic rings. The number of hydrogen-bond donors (Lipinski definition) is 1. The number of amides is 1. The van der Waals surface area contributed by atoms with Crippen molar-refractivity contribution < 1.29 is 14.1 Å². The fraction of sp³-hybridized carbons (Fsp3) is 0.250. The van der Waals surface area contributed by atoms with Gasteiger partial charge in [0.15, 0.2) is 12.4 Å². The van der Waals surface area contributed by atoms with Crippen LogP contribution in [0, 0.1) is 0 Å². The first-order chi connectivity index (χ1) is 12.6. The topological polar surface area (TPSA) is 77.2 Å². The van der Waals surface area contributed by atoms with Gasteiger partial charge in [0.1, 0.15) is 5.75 Å². The lowest BCUT2D eigenvalue weighted by Crippen LogP contribution is -2.20. The van der Waals surface area contributed by atoms with E-state index in [1.54, 1.807) is 0 Å². The number of rotatable bonds is 7. The highest BCUT2D eigenvalue weighted by molar-refractivity contribution is 5.91. The fourth-order valence-corrected chi connectivity index (χ4v) is 2.32. The van der Waals surface area contributed by atoms with Crippen molar-refractivity contribution in [1.82, 2.24) is 10.1 Å². The van der Waals surface area contributed by atoms with Crippen molar-refractivity contribution in [3.63, 3.8) is 0 Å². The third kappa shape index (κ3) is 4.92. The smallest absolute Gasteiger partial charge is 0.262 e. The Balaban J connectivity index is 1.51. The Kier molecular flexibility index (Phi) is 5.63. The molecule has 26 heavy (non-hydrogen) atoms. The van der Waals surface area contributed by atoms with Crippen LogP contribution in [-0.4, -0.2) is 22.7 Å². The van der Waals surface area contributed by atoms with Crippen molar-refractivity contribution in [3.8, 4) is 5.75 Å². The molecule has 1 heterocycles. The van der Waals surface area contributed by atoms with E-state index in [0.717, 1.165) is 5.56 Å². The molecule has 0 spiro atoms. The Hall–Kier alpha value is -3.15. The molecule has 0 aliphatic carbocycles. The molecule has 0 saturated carbocycles. The highest BCUT2D eigenvalue weighted by Gasteiger charge is 2.10. The molecular weight excluding hydrogens is 330 g/mol. The number of benzene rings is 2. The summed E-state index contributed by atoms with van der Waals surface area (Å²) in [6.07, 6.45) is 0.585. The third-order valence-corrected chi connectivity index (χ3v) is 3.69. The van der Waals surface area contributed by atoms with E-state index < -0.39 is 0 Å². The predicted molar refractivity (Wildman–Crippen MR) is 98.2 cm³/mol. The van der Waals surface area contributed by atoms with Gasteiger partial charge in [0.05, 0.1) is 0 Å². The maximum atomic E-state index is 12.0. The minimum Gasteiger partial charge on any atom is -0.484 e. The van der Waals surface area contributed by atoms with Crippen LogP contribution in [0.2, 0.25) is 0 Å². The minimum absolute atomic E-state index is 0.0351. The normalized spacial score (nSPS) is 10.7. The van der Waals surface area contributed by atoms with Crippen LogP contribution in [0.5, 0.6) is 5.75 Å². The molecule has 6 nitrogen and oxygen atoms in total. The van der Waals surface area contributed by atoms with Gasteiger partial charge in [-0.05, 0) is 29.8 Å². The van der Waals surface area contributed by atoms with E-state index in [2.05, 4.69) is 15.5 Å². The second-order valence-corrected chi connectivity index (χ2v) is 6.23. The van der Waals surface area contributed by atoms with Crippen molar-refractivity contribution in [2.45, 2.75) is 26.2 Å². The molecule has 0 unspecified atom stereocenters. The fourth-order valence-electron chi connectivity index (χ4n) is 2.32. The number of carbonyl (C=O) groups excluding carboxylic acids is 1. The molecule has 6 heteroatoms. The van der Waals surface area contributed by atoms with E-state index in [4.69, 9.17) is 9.26 Å². The molecule has 1 N–H and O–H groups in total. The minimum atomic E-state index is -0.207. The van der Waals surface area contributed by atoms with Crippen LogP contribution < -0.4 is 10.1 Å². The summed E-state index contributed by atoms with van der Waals surface area (Å²) in [5.41, 5.74) is 1.76. The summed E-state index contributed by atoms with van der Waals surface area (Å²) < 4.78 is 10.6. The van der Waals surface area contributed by atoms with Crippen molar-refractivity contribution in [1.29, 1.82) is 0 Å². The van der Waals surface area contributed by atoms with Gasteiger partial charge in [-0.25, -0.2) is 0 Å². The van der Waals surface area contributed by atoms with Gasteiger partial charge in [-0.3, -0.25) is 4.79 Å². The largest absolute Gasteiger partial charge is 0.484 e. The summed E-state index contributed by atoms with van der Waals surface area (Å²) in [4.78, 5) is 16.3. The average molecular weight is 351 g/mol. The number of hydrogen-bond acceptors (Lipinski definition) is 5. The Morgan fingerprint density at radius 1 is 1.12 bits per heavy atom. The number of para-hydroxylation sites is 1. The third-order valence-electron chi connectivity index (χ3n) is 3.69. The molecule has 0 saturated heterocycles. The average Bonchev–Trinajstić information content (AvgIpc) is 3.11. The second kappa shape index (κ2) is 8.29. The van der Waals surface area contributed by atoms with Gasteiger partial charge in [-0.1, -0.05) is 49.3 Å². The maximum Gasteiger partial charge on any atom is 0.262 e. The highest BCUT2D eigenvalue weighted by Crippen LogP contribution is 2.15. The summed E-state index contributed by atoms with van der Waals surface area (Å²) in [5.74, 6) is 1.97. The molecule has 134 valence electrons. The van der Waals surface area contributed by atoms with Crippen LogP contribution in [0.4, 0.5) is 5.69 Å². The van der Waals surface area contributed by atoms with Gasteiger partial charge in [0.2, 0.25) is 5.89 Å². The second-order valence-electron chi connectivity index (χ2n) is 6.23.